The summed E-state index contributed by atoms with van der Waals surface area (Å²) in [4.78, 5) is 13.3. The lowest BCUT2D eigenvalue weighted by atomic mass is 10.1. The average Bonchev–Trinajstić information content (AvgIpc) is 2.49. The molecule has 0 bridgehead atoms. The van der Waals surface area contributed by atoms with Crippen LogP contribution in [0, 0.1) is 0 Å². The first-order valence-corrected chi connectivity index (χ1v) is 5.52. The minimum atomic E-state index is -0.191. The Kier molecular flexibility index (Phi) is 3.03. The maximum absolute atomic E-state index is 11.0. The van der Waals surface area contributed by atoms with Crippen LogP contribution < -0.4 is 11.1 Å². The van der Waals surface area contributed by atoms with Crippen molar-refractivity contribution in [1.29, 1.82) is 0 Å². The SMILES string of the molecule is NC(=O)CN(C1CCCC1)C1CNC1. The van der Waals surface area contributed by atoms with Crippen molar-refractivity contribution in [1.82, 2.24) is 10.2 Å². The molecule has 2 rings (SSSR count). The molecule has 1 saturated carbocycles. The van der Waals surface area contributed by atoms with Crippen molar-refractivity contribution in [2.24, 2.45) is 5.73 Å². The van der Waals surface area contributed by atoms with Crippen LogP contribution in [0.15, 0.2) is 0 Å². The second kappa shape index (κ2) is 4.28. The van der Waals surface area contributed by atoms with E-state index in [9.17, 15) is 4.79 Å². The zero-order valence-corrected chi connectivity index (χ0v) is 8.54. The fourth-order valence-electron chi connectivity index (χ4n) is 2.48. The van der Waals surface area contributed by atoms with Gasteiger partial charge in [0.25, 0.3) is 0 Å². The van der Waals surface area contributed by atoms with Crippen molar-refractivity contribution in [2.45, 2.75) is 37.8 Å². The van der Waals surface area contributed by atoms with Crippen molar-refractivity contribution in [2.75, 3.05) is 19.6 Å². The van der Waals surface area contributed by atoms with Gasteiger partial charge in [0.2, 0.25) is 5.91 Å². The molecule has 2 fully saturated rings. The Morgan fingerprint density at radius 1 is 1.29 bits per heavy atom. The van der Waals surface area contributed by atoms with Crippen molar-refractivity contribution >= 4 is 5.91 Å². The predicted molar refractivity (Wildman–Crippen MR) is 54.8 cm³/mol. The van der Waals surface area contributed by atoms with Crippen molar-refractivity contribution < 1.29 is 4.79 Å². The van der Waals surface area contributed by atoms with Crippen LogP contribution in [0.25, 0.3) is 0 Å². The summed E-state index contributed by atoms with van der Waals surface area (Å²) in [6.45, 7) is 2.48. The zero-order valence-electron chi connectivity index (χ0n) is 8.54. The van der Waals surface area contributed by atoms with Gasteiger partial charge in [0, 0.05) is 25.2 Å². The second-order valence-electron chi connectivity index (χ2n) is 4.39. The van der Waals surface area contributed by atoms with E-state index in [2.05, 4.69) is 10.2 Å². The van der Waals surface area contributed by atoms with Crippen molar-refractivity contribution in [3.05, 3.63) is 0 Å². The average molecular weight is 197 g/mol. The Hall–Kier alpha value is -0.610. The molecule has 1 amide bonds. The van der Waals surface area contributed by atoms with Gasteiger partial charge < -0.3 is 11.1 Å². The highest BCUT2D eigenvalue weighted by Gasteiger charge is 2.32. The number of hydrogen-bond acceptors (Lipinski definition) is 3. The summed E-state index contributed by atoms with van der Waals surface area (Å²) >= 11 is 0. The van der Waals surface area contributed by atoms with E-state index >= 15 is 0 Å². The van der Waals surface area contributed by atoms with E-state index < -0.39 is 0 Å². The van der Waals surface area contributed by atoms with Gasteiger partial charge in [-0.1, -0.05) is 12.8 Å². The highest BCUT2D eigenvalue weighted by Crippen LogP contribution is 2.25. The monoisotopic (exact) mass is 197 g/mol. The van der Waals surface area contributed by atoms with Crippen LogP contribution in [0.1, 0.15) is 25.7 Å². The van der Waals surface area contributed by atoms with Gasteiger partial charge in [-0.05, 0) is 12.8 Å². The van der Waals surface area contributed by atoms with E-state index in [0.29, 0.717) is 18.6 Å². The first kappa shape index (κ1) is 9.93. The number of carbonyl (C=O) groups is 1. The molecule has 0 unspecified atom stereocenters. The third-order valence-corrected chi connectivity index (χ3v) is 3.36. The molecule has 14 heavy (non-hydrogen) atoms. The molecular weight excluding hydrogens is 178 g/mol. The van der Waals surface area contributed by atoms with Crippen LogP contribution in [0.2, 0.25) is 0 Å². The third kappa shape index (κ3) is 2.07. The van der Waals surface area contributed by atoms with Gasteiger partial charge in [0.1, 0.15) is 0 Å². The number of amides is 1. The molecule has 0 spiro atoms. The minimum absolute atomic E-state index is 0.191. The Morgan fingerprint density at radius 2 is 1.93 bits per heavy atom. The van der Waals surface area contributed by atoms with Gasteiger partial charge in [-0.3, -0.25) is 9.69 Å². The maximum Gasteiger partial charge on any atom is 0.231 e. The summed E-state index contributed by atoms with van der Waals surface area (Å²) in [5.41, 5.74) is 5.28. The molecule has 0 aromatic heterocycles. The van der Waals surface area contributed by atoms with Gasteiger partial charge >= 0.3 is 0 Å². The Bertz CT molecular complexity index is 209. The number of nitrogens with two attached hydrogens (primary N) is 1. The fraction of sp³-hybridized carbons (Fsp3) is 0.900. The second-order valence-corrected chi connectivity index (χ2v) is 4.39. The Balaban J connectivity index is 1.93. The van der Waals surface area contributed by atoms with Gasteiger partial charge in [-0.15, -0.1) is 0 Å². The lowest BCUT2D eigenvalue weighted by Gasteiger charge is -2.41. The number of primary amides is 1. The molecule has 80 valence electrons. The molecule has 1 saturated heterocycles. The smallest absolute Gasteiger partial charge is 0.231 e. The molecule has 1 aliphatic carbocycles. The highest BCUT2D eigenvalue weighted by molar-refractivity contribution is 5.76. The maximum atomic E-state index is 11.0. The van der Waals surface area contributed by atoms with Crippen LogP contribution in [-0.2, 0) is 4.79 Å². The Labute approximate surface area is 84.8 Å². The minimum Gasteiger partial charge on any atom is -0.369 e. The summed E-state index contributed by atoms with van der Waals surface area (Å²) in [5.74, 6) is -0.191. The molecule has 1 heterocycles. The van der Waals surface area contributed by atoms with Crippen molar-refractivity contribution in [3.63, 3.8) is 0 Å². The van der Waals surface area contributed by atoms with E-state index in [-0.39, 0.29) is 5.91 Å². The van der Waals surface area contributed by atoms with Gasteiger partial charge in [-0.2, -0.15) is 0 Å². The first-order chi connectivity index (χ1) is 6.77. The molecule has 4 heteroatoms. The van der Waals surface area contributed by atoms with Crippen LogP contribution in [0.3, 0.4) is 0 Å². The van der Waals surface area contributed by atoms with Gasteiger partial charge in [0.15, 0.2) is 0 Å². The summed E-state index contributed by atoms with van der Waals surface area (Å²) in [5, 5.41) is 3.24. The fourth-order valence-corrected chi connectivity index (χ4v) is 2.48. The largest absolute Gasteiger partial charge is 0.369 e. The van der Waals surface area contributed by atoms with Crippen LogP contribution in [-0.4, -0.2) is 42.5 Å². The molecule has 0 aromatic rings. The summed E-state index contributed by atoms with van der Waals surface area (Å²) in [6, 6.07) is 1.15. The molecule has 4 nitrogen and oxygen atoms in total. The van der Waals surface area contributed by atoms with E-state index in [1.54, 1.807) is 0 Å². The van der Waals surface area contributed by atoms with Gasteiger partial charge in [-0.25, -0.2) is 0 Å². The molecule has 0 aromatic carbocycles. The lowest BCUT2D eigenvalue weighted by Crippen LogP contribution is -2.61. The Morgan fingerprint density at radius 3 is 2.36 bits per heavy atom. The molecule has 0 atom stereocenters. The number of carbonyl (C=O) groups excluding carboxylic acids is 1. The number of rotatable bonds is 4. The van der Waals surface area contributed by atoms with Crippen molar-refractivity contribution in [3.8, 4) is 0 Å². The zero-order chi connectivity index (χ0) is 9.97. The predicted octanol–water partition coefficient (Wildman–Crippen LogP) is -0.312. The highest BCUT2D eigenvalue weighted by atomic mass is 16.1. The van der Waals surface area contributed by atoms with Crippen LogP contribution in [0.5, 0.6) is 0 Å². The van der Waals surface area contributed by atoms with E-state index in [1.165, 1.54) is 25.7 Å². The normalized spacial score (nSPS) is 24.1. The topological polar surface area (TPSA) is 58.4 Å². The van der Waals surface area contributed by atoms with Crippen LogP contribution in [0.4, 0.5) is 0 Å². The standard InChI is InChI=1S/C10H19N3O/c11-10(14)7-13(9-5-12-6-9)8-3-1-2-4-8/h8-9,12H,1-7H2,(H2,11,14). The summed E-state index contributed by atoms with van der Waals surface area (Å²) in [6.07, 6.45) is 5.09. The quantitative estimate of drug-likeness (QED) is 0.650. The first-order valence-electron chi connectivity index (χ1n) is 5.52. The van der Waals surface area contributed by atoms with E-state index in [1.807, 2.05) is 0 Å². The van der Waals surface area contributed by atoms with E-state index in [0.717, 1.165) is 13.1 Å². The molecule has 1 aliphatic heterocycles. The molecule has 2 aliphatic rings. The molecule has 0 radical (unpaired) electrons. The summed E-state index contributed by atoms with van der Waals surface area (Å²) in [7, 11) is 0. The summed E-state index contributed by atoms with van der Waals surface area (Å²) < 4.78 is 0. The molecule has 3 N–H and O–H groups in total. The molecular formula is C10H19N3O. The third-order valence-electron chi connectivity index (χ3n) is 3.36. The number of hydrogen-bond donors (Lipinski definition) is 2. The number of nitrogens with zero attached hydrogens (tertiary/aromatic N) is 1. The van der Waals surface area contributed by atoms with Crippen LogP contribution >= 0.6 is 0 Å². The van der Waals surface area contributed by atoms with Gasteiger partial charge in [0.05, 0.1) is 6.54 Å². The number of nitrogens with one attached hydrogen (secondary N) is 1. The lowest BCUT2D eigenvalue weighted by molar-refractivity contribution is -0.120. The van der Waals surface area contributed by atoms with E-state index in [4.69, 9.17) is 5.73 Å².